The predicted molar refractivity (Wildman–Crippen MR) is 175 cm³/mol. The molecule has 0 radical (unpaired) electrons. The molecule has 0 amide bonds. The second-order valence-corrected chi connectivity index (χ2v) is 14.7. The first-order valence-electron chi connectivity index (χ1n) is 15.7. The van der Waals surface area contributed by atoms with E-state index in [2.05, 4.69) is 108 Å². The molecule has 42 heavy (non-hydrogen) atoms. The number of benzene rings is 2. The summed E-state index contributed by atoms with van der Waals surface area (Å²) in [6, 6.07) is 15.9. The van der Waals surface area contributed by atoms with Crippen molar-refractivity contribution in [3.63, 3.8) is 0 Å². The van der Waals surface area contributed by atoms with Crippen LogP contribution in [0.2, 0.25) is 0 Å². The molecular weight excluding hydrogens is 516 g/mol. The average molecular weight is 568 g/mol. The summed E-state index contributed by atoms with van der Waals surface area (Å²) in [6.07, 6.45) is 8.37. The molecule has 2 aromatic carbocycles. The third-order valence-corrected chi connectivity index (χ3v) is 9.87. The summed E-state index contributed by atoms with van der Waals surface area (Å²) in [4.78, 5) is 4.68. The number of quaternary nitrogens is 1. The zero-order valence-electron chi connectivity index (χ0n) is 27.0. The van der Waals surface area contributed by atoms with E-state index in [9.17, 15) is 0 Å². The van der Waals surface area contributed by atoms with E-state index < -0.39 is 0 Å². The Bertz CT molecular complexity index is 1410. The van der Waals surface area contributed by atoms with E-state index in [1.54, 1.807) is 0 Å². The van der Waals surface area contributed by atoms with Gasteiger partial charge in [0, 0.05) is 47.0 Å². The number of piperidine rings is 3. The van der Waals surface area contributed by atoms with Crippen molar-refractivity contribution in [3.8, 4) is 5.75 Å². The highest BCUT2D eigenvalue weighted by molar-refractivity contribution is 5.82. The molecule has 6 rings (SSSR count). The lowest BCUT2D eigenvalue weighted by atomic mass is 9.70. The maximum absolute atomic E-state index is 6.79. The van der Waals surface area contributed by atoms with Crippen molar-refractivity contribution in [2.45, 2.75) is 83.9 Å². The van der Waals surface area contributed by atoms with Gasteiger partial charge in [-0.1, -0.05) is 71.9 Å². The number of ether oxygens (including phenoxy) is 2. The third-order valence-electron chi connectivity index (χ3n) is 9.87. The van der Waals surface area contributed by atoms with Crippen LogP contribution in [0.3, 0.4) is 0 Å². The molecule has 1 aromatic heterocycles. The Morgan fingerprint density at radius 3 is 2.33 bits per heavy atom. The van der Waals surface area contributed by atoms with Crippen molar-refractivity contribution in [1.29, 1.82) is 0 Å². The molecule has 4 nitrogen and oxygen atoms in total. The Morgan fingerprint density at radius 1 is 1.02 bits per heavy atom. The van der Waals surface area contributed by atoms with E-state index in [1.165, 1.54) is 34.1 Å². The van der Waals surface area contributed by atoms with E-state index in [4.69, 9.17) is 9.47 Å². The van der Waals surface area contributed by atoms with Crippen molar-refractivity contribution in [2.75, 3.05) is 26.8 Å². The maximum atomic E-state index is 6.79. The molecule has 224 valence electrons. The van der Waals surface area contributed by atoms with Crippen LogP contribution in [0.1, 0.15) is 82.7 Å². The minimum Gasteiger partial charge on any atom is -0.496 e. The van der Waals surface area contributed by atoms with E-state index in [0.717, 1.165) is 41.8 Å². The molecule has 5 atom stereocenters. The van der Waals surface area contributed by atoms with Crippen LogP contribution in [0.5, 0.6) is 5.75 Å². The van der Waals surface area contributed by atoms with Gasteiger partial charge in [0.25, 0.3) is 0 Å². The van der Waals surface area contributed by atoms with E-state index >= 15 is 0 Å². The average Bonchev–Trinajstić information content (AvgIpc) is 2.96. The van der Waals surface area contributed by atoms with Crippen LogP contribution >= 0.6 is 0 Å². The Balaban J connectivity index is 1.66. The van der Waals surface area contributed by atoms with Gasteiger partial charge in [-0.05, 0) is 46.6 Å². The van der Waals surface area contributed by atoms with Gasteiger partial charge in [-0.25, -0.2) is 0 Å². The van der Waals surface area contributed by atoms with Gasteiger partial charge in [-0.3, -0.25) is 4.98 Å². The monoisotopic (exact) mass is 567 g/mol. The normalized spacial score (nSPS) is 24.9. The van der Waals surface area contributed by atoms with Crippen LogP contribution in [0, 0.1) is 11.8 Å². The molecule has 3 aliphatic heterocycles. The van der Waals surface area contributed by atoms with Crippen molar-refractivity contribution in [2.24, 2.45) is 11.8 Å². The molecule has 3 saturated heterocycles. The SMILES string of the molecule is C=CCO[C@H](c1ccnc2ccccc12)[C@@H]1C[C@@H]2CC[N+]1(Cc1cc(C(C)(C)C)c(OC)c(C(C)(C)C)c1)C[C@@H]2C=C. The summed E-state index contributed by atoms with van der Waals surface area (Å²) < 4.78 is 13.9. The third kappa shape index (κ3) is 5.68. The Labute approximate surface area is 254 Å². The number of rotatable bonds is 9. The quantitative estimate of drug-likeness (QED) is 0.191. The molecule has 3 aromatic rings. The maximum Gasteiger partial charge on any atom is 0.135 e. The van der Waals surface area contributed by atoms with Gasteiger partial charge in [0.05, 0.1) is 32.3 Å². The van der Waals surface area contributed by atoms with Gasteiger partial charge in [0.1, 0.15) is 24.4 Å². The first-order chi connectivity index (χ1) is 19.9. The number of hydrogen-bond acceptors (Lipinski definition) is 3. The minimum absolute atomic E-state index is 0.0368. The van der Waals surface area contributed by atoms with Gasteiger partial charge in [0.15, 0.2) is 0 Å². The van der Waals surface area contributed by atoms with Gasteiger partial charge < -0.3 is 14.0 Å². The standard InChI is InChI=1S/C38H51N2O2/c1-10-20-42-35(30-16-18-39-33-15-13-12-14-29(30)33)34-23-28-17-19-40(34,25-27(28)11-2)24-26-21-31(37(3,4)5)36(41-9)32(22-26)38(6,7)8/h10-16,18,21-22,27-28,34-35H,1-2,17,19-20,23-25H2,3-9H3/q+1/t27-,28-,34-,35+,40?/m0/s1. The fourth-order valence-electron chi connectivity index (χ4n) is 7.79. The molecule has 0 N–H and O–H groups in total. The molecule has 0 aliphatic carbocycles. The fraction of sp³-hybridized carbons (Fsp3) is 0.500. The van der Waals surface area contributed by atoms with Crippen LogP contribution in [0.4, 0.5) is 0 Å². The molecule has 4 heteroatoms. The van der Waals surface area contributed by atoms with E-state index in [1.807, 2.05) is 19.4 Å². The minimum atomic E-state index is -0.0492. The smallest absolute Gasteiger partial charge is 0.135 e. The van der Waals surface area contributed by atoms with E-state index in [0.29, 0.717) is 24.5 Å². The van der Waals surface area contributed by atoms with Crippen molar-refractivity contribution >= 4 is 10.9 Å². The number of fused-ring (bicyclic) bond motifs is 4. The number of nitrogens with zero attached hydrogens (tertiary/aromatic N) is 2. The van der Waals surface area contributed by atoms with Gasteiger partial charge >= 0.3 is 0 Å². The summed E-state index contributed by atoms with van der Waals surface area (Å²) >= 11 is 0. The molecule has 4 heterocycles. The van der Waals surface area contributed by atoms with Crippen molar-refractivity contribution in [1.82, 2.24) is 4.98 Å². The zero-order chi connectivity index (χ0) is 30.3. The van der Waals surface area contributed by atoms with Crippen LogP contribution in [0.25, 0.3) is 10.9 Å². The number of methoxy groups -OCH3 is 1. The molecule has 1 unspecified atom stereocenters. The highest BCUT2D eigenvalue weighted by atomic mass is 16.5. The Hall–Kier alpha value is -2.95. The second-order valence-electron chi connectivity index (χ2n) is 14.7. The molecule has 3 aliphatic rings. The van der Waals surface area contributed by atoms with Crippen molar-refractivity contribution < 1.29 is 14.0 Å². The fourth-order valence-corrected chi connectivity index (χ4v) is 7.79. The van der Waals surface area contributed by atoms with E-state index in [-0.39, 0.29) is 16.9 Å². The summed E-state index contributed by atoms with van der Waals surface area (Å²) in [5.74, 6) is 2.19. The number of para-hydroxylation sites is 1. The van der Waals surface area contributed by atoms with Crippen molar-refractivity contribution in [3.05, 3.63) is 96.2 Å². The highest BCUT2D eigenvalue weighted by Crippen LogP contribution is 2.50. The molecule has 0 saturated carbocycles. The molecule has 2 bridgehead atoms. The lowest BCUT2D eigenvalue weighted by Gasteiger charge is -2.58. The molecule has 0 spiro atoms. The number of aromatic nitrogens is 1. The summed E-state index contributed by atoms with van der Waals surface area (Å²) in [7, 11) is 1.82. The van der Waals surface area contributed by atoms with Crippen LogP contribution in [0.15, 0.2) is 74.0 Å². The largest absolute Gasteiger partial charge is 0.496 e. The zero-order valence-corrected chi connectivity index (χ0v) is 27.0. The Kier molecular flexibility index (Phi) is 8.44. The summed E-state index contributed by atoms with van der Waals surface area (Å²) in [5, 5.41) is 1.18. The second kappa shape index (κ2) is 11.6. The lowest BCUT2D eigenvalue weighted by Crippen LogP contribution is -2.67. The van der Waals surface area contributed by atoms with Gasteiger partial charge in [-0.15, -0.1) is 13.2 Å². The van der Waals surface area contributed by atoms with Crippen LogP contribution in [-0.2, 0) is 22.1 Å². The topological polar surface area (TPSA) is 31.4 Å². The lowest BCUT2D eigenvalue weighted by molar-refractivity contribution is -0.985. The van der Waals surface area contributed by atoms with Gasteiger partial charge in [-0.2, -0.15) is 0 Å². The Morgan fingerprint density at radius 2 is 1.71 bits per heavy atom. The molecule has 3 fully saturated rings. The highest BCUT2D eigenvalue weighted by Gasteiger charge is 2.54. The summed E-state index contributed by atoms with van der Waals surface area (Å²) in [6.45, 7) is 25.8. The molecular formula is C38H51N2O2+. The number of pyridine rings is 1. The first-order valence-corrected chi connectivity index (χ1v) is 15.7. The van der Waals surface area contributed by atoms with Crippen LogP contribution < -0.4 is 4.74 Å². The predicted octanol–water partition coefficient (Wildman–Crippen LogP) is 8.69. The summed E-state index contributed by atoms with van der Waals surface area (Å²) in [5.41, 5.74) is 6.15. The number of hydrogen-bond donors (Lipinski definition) is 0. The first kappa shape index (κ1) is 30.5. The van der Waals surface area contributed by atoms with Gasteiger partial charge in [0.2, 0.25) is 0 Å². The van der Waals surface area contributed by atoms with Crippen LogP contribution in [-0.4, -0.2) is 42.3 Å².